The molecule has 1 aliphatic rings. The molecule has 0 aromatic rings. The maximum absolute atomic E-state index is 12.0. The maximum atomic E-state index is 12.0. The Morgan fingerprint density at radius 1 is 1.53 bits per heavy atom. The number of carbonyl (C=O) groups excluding carboxylic acids is 1. The topological polar surface area (TPSA) is 52.3 Å². The Balaban J connectivity index is 2.30. The van der Waals surface area contributed by atoms with Gasteiger partial charge in [0.15, 0.2) is 0 Å². The summed E-state index contributed by atoms with van der Waals surface area (Å²) in [5.41, 5.74) is 5.45. The summed E-state index contributed by atoms with van der Waals surface area (Å²) in [5.74, 6) is 1.01. The van der Waals surface area contributed by atoms with E-state index in [-0.39, 0.29) is 5.97 Å². The minimum absolute atomic E-state index is 0.187. The number of carbonyl (C=O) groups is 1. The molecule has 1 saturated carbocycles. The number of ether oxygens (including phenoxy) is 1. The Labute approximate surface area is 105 Å². The molecular weight excluding hydrogens is 214 g/mol. The van der Waals surface area contributed by atoms with Crippen LogP contribution in [0.1, 0.15) is 59.3 Å². The lowest BCUT2D eigenvalue weighted by Crippen LogP contribution is -2.52. The number of nitrogens with two attached hydrogens (primary N) is 1. The fourth-order valence-electron chi connectivity index (χ4n) is 2.58. The molecular formula is C14H27NO2. The van der Waals surface area contributed by atoms with Crippen LogP contribution >= 0.6 is 0 Å². The molecule has 17 heavy (non-hydrogen) atoms. The fourth-order valence-corrected chi connectivity index (χ4v) is 2.58. The standard InChI is InChI=1S/C14H27NO2/c1-11(2)6-5-9-17-13(16)14(15)8-4-7-12(3)10-14/h11-12H,4-10,15H2,1-3H3. The van der Waals surface area contributed by atoms with Gasteiger partial charge in [-0.25, -0.2) is 0 Å². The molecule has 2 N–H and O–H groups in total. The van der Waals surface area contributed by atoms with Gasteiger partial charge >= 0.3 is 5.97 Å². The van der Waals surface area contributed by atoms with Crippen LogP contribution in [0.4, 0.5) is 0 Å². The van der Waals surface area contributed by atoms with Gasteiger partial charge in [-0.15, -0.1) is 0 Å². The van der Waals surface area contributed by atoms with E-state index in [1.807, 2.05) is 0 Å². The summed E-state index contributed by atoms with van der Waals surface area (Å²) in [6, 6.07) is 0. The van der Waals surface area contributed by atoms with Gasteiger partial charge in [0.05, 0.1) is 6.61 Å². The second-order valence-corrected chi connectivity index (χ2v) is 6.03. The van der Waals surface area contributed by atoms with E-state index in [4.69, 9.17) is 10.5 Å². The molecule has 0 bridgehead atoms. The second-order valence-electron chi connectivity index (χ2n) is 6.03. The van der Waals surface area contributed by atoms with Gasteiger partial charge < -0.3 is 10.5 Å². The van der Waals surface area contributed by atoms with Gasteiger partial charge in [0, 0.05) is 0 Å². The SMILES string of the molecule is CC(C)CCCOC(=O)C1(N)CCCC(C)C1. The average molecular weight is 241 g/mol. The molecule has 0 aliphatic heterocycles. The first-order valence-electron chi connectivity index (χ1n) is 6.90. The van der Waals surface area contributed by atoms with Crippen molar-refractivity contribution in [1.29, 1.82) is 0 Å². The molecule has 3 heteroatoms. The van der Waals surface area contributed by atoms with Crippen molar-refractivity contribution in [3.8, 4) is 0 Å². The Morgan fingerprint density at radius 2 is 2.24 bits per heavy atom. The quantitative estimate of drug-likeness (QED) is 0.595. The number of esters is 1. The van der Waals surface area contributed by atoms with Gasteiger partial charge in [-0.1, -0.05) is 33.6 Å². The molecule has 1 rings (SSSR count). The van der Waals surface area contributed by atoms with Crippen LogP contribution in [0.3, 0.4) is 0 Å². The summed E-state index contributed by atoms with van der Waals surface area (Å²) in [5, 5.41) is 0. The Bertz CT molecular complexity index is 253. The zero-order valence-corrected chi connectivity index (χ0v) is 11.5. The van der Waals surface area contributed by atoms with Crippen molar-refractivity contribution in [3.05, 3.63) is 0 Å². The molecule has 3 nitrogen and oxygen atoms in total. The molecule has 0 heterocycles. The van der Waals surface area contributed by atoms with Crippen LogP contribution in [0, 0.1) is 11.8 Å². The van der Waals surface area contributed by atoms with E-state index in [2.05, 4.69) is 20.8 Å². The van der Waals surface area contributed by atoms with Crippen LogP contribution in [-0.2, 0) is 9.53 Å². The minimum atomic E-state index is -0.713. The number of hydrogen-bond donors (Lipinski definition) is 1. The molecule has 0 aromatic carbocycles. The molecule has 0 spiro atoms. The summed E-state index contributed by atoms with van der Waals surface area (Å²) in [4.78, 5) is 12.0. The first-order chi connectivity index (χ1) is 7.94. The summed E-state index contributed by atoms with van der Waals surface area (Å²) in [6.07, 6.45) is 5.81. The Kier molecular flexibility index (Phi) is 5.44. The molecule has 0 radical (unpaired) electrons. The van der Waals surface area contributed by atoms with Crippen molar-refractivity contribution < 1.29 is 9.53 Å². The number of rotatable bonds is 5. The zero-order valence-electron chi connectivity index (χ0n) is 11.5. The minimum Gasteiger partial charge on any atom is -0.464 e. The lowest BCUT2D eigenvalue weighted by molar-refractivity contribution is -0.152. The molecule has 1 fully saturated rings. The van der Waals surface area contributed by atoms with E-state index in [0.29, 0.717) is 18.4 Å². The van der Waals surface area contributed by atoms with E-state index in [9.17, 15) is 4.79 Å². The lowest BCUT2D eigenvalue weighted by atomic mass is 9.77. The molecule has 0 amide bonds. The van der Waals surface area contributed by atoms with Gasteiger partial charge in [-0.05, 0) is 37.5 Å². The van der Waals surface area contributed by atoms with Crippen LogP contribution in [0.25, 0.3) is 0 Å². The van der Waals surface area contributed by atoms with E-state index >= 15 is 0 Å². The summed E-state index contributed by atoms with van der Waals surface area (Å²) in [6.45, 7) is 7.03. The third-order valence-corrected chi connectivity index (χ3v) is 3.60. The third-order valence-electron chi connectivity index (χ3n) is 3.60. The fraction of sp³-hybridized carbons (Fsp3) is 0.929. The zero-order chi connectivity index (χ0) is 12.9. The van der Waals surface area contributed by atoms with Crippen molar-refractivity contribution in [2.45, 2.75) is 64.8 Å². The van der Waals surface area contributed by atoms with Crippen molar-refractivity contribution >= 4 is 5.97 Å². The first kappa shape index (κ1) is 14.5. The van der Waals surface area contributed by atoms with Crippen LogP contribution in [0.15, 0.2) is 0 Å². The van der Waals surface area contributed by atoms with Gasteiger partial charge in [0.25, 0.3) is 0 Å². The van der Waals surface area contributed by atoms with Crippen LogP contribution in [0.5, 0.6) is 0 Å². The van der Waals surface area contributed by atoms with Gasteiger partial charge in [-0.2, -0.15) is 0 Å². The predicted octanol–water partition coefficient (Wildman–Crippen LogP) is 2.87. The highest BCUT2D eigenvalue weighted by molar-refractivity contribution is 5.80. The summed E-state index contributed by atoms with van der Waals surface area (Å²) in [7, 11) is 0. The second kappa shape index (κ2) is 6.39. The van der Waals surface area contributed by atoms with Crippen LogP contribution < -0.4 is 5.73 Å². The van der Waals surface area contributed by atoms with Crippen LogP contribution in [-0.4, -0.2) is 18.1 Å². The largest absolute Gasteiger partial charge is 0.464 e. The normalized spacial score (nSPS) is 29.4. The highest BCUT2D eigenvalue weighted by atomic mass is 16.5. The average Bonchev–Trinajstić information content (AvgIpc) is 2.23. The molecule has 1 aliphatic carbocycles. The van der Waals surface area contributed by atoms with Crippen LogP contribution in [0.2, 0.25) is 0 Å². The maximum Gasteiger partial charge on any atom is 0.326 e. The predicted molar refractivity (Wildman–Crippen MR) is 69.6 cm³/mol. The monoisotopic (exact) mass is 241 g/mol. The first-order valence-corrected chi connectivity index (χ1v) is 6.90. The van der Waals surface area contributed by atoms with Gasteiger partial charge in [0.2, 0.25) is 0 Å². The van der Waals surface area contributed by atoms with Gasteiger partial charge in [0.1, 0.15) is 5.54 Å². The Morgan fingerprint density at radius 3 is 2.82 bits per heavy atom. The smallest absolute Gasteiger partial charge is 0.326 e. The van der Waals surface area contributed by atoms with Crippen molar-refractivity contribution in [2.24, 2.45) is 17.6 Å². The van der Waals surface area contributed by atoms with E-state index < -0.39 is 5.54 Å². The number of hydrogen-bond acceptors (Lipinski definition) is 3. The van der Waals surface area contributed by atoms with E-state index in [1.165, 1.54) is 6.42 Å². The van der Waals surface area contributed by atoms with Crippen molar-refractivity contribution in [3.63, 3.8) is 0 Å². The van der Waals surface area contributed by atoms with E-state index in [1.54, 1.807) is 0 Å². The lowest BCUT2D eigenvalue weighted by Gasteiger charge is -2.34. The van der Waals surface area contributed by atoms with Crippen molar-refractivity contribution in [2.75, 3.05) is 6.61 Å². The van der Waals surface area contributed by atoms with Crippen molar-refractivity contribution in [1.82, 2.24) is 0 Å². The Hall–Kier alpha value is -0.570. The molecule has 2 atom stereocenters. The third kappa shape index (κ3) is 4.66. The van der Waals surface area contributed by atoms with E-state index in [0.717, 1.165) is 32.1 Å². The molecule has 0 saturated heterocycles. The summed E-state index contributed by atoms with van der Waals surface area (Å²) >= 11 is 0. The molecule has 100 valence electrons. The highest BCUT2D eigenvalue weighted by Gasteiger charge is 2.39. The molecule has 0 aromatic heterocycles. The summed E-state index contributed by atoms with van der Waals surface area (Å²) < 4.78 is 5.32. The van der Waals surface area contributed by atoms with Gasteiger partial charge in [-0.3, -0.25) is 4.79 Å². The molecule has 2 unspecified atom stereocenters. The highest BCUT2D eigenvalue weighted by Crippen LogP contribution is 2.31.